The molecule has 2 heterocycles. The Morgan fingerprint density at radius 3 is 2.92 bits per heavy atom. The molecule has 66 valence electrons. The van der Waals surface area contributed by atoms with Gasteiger partial charge in [-0.3, -0.25) is 0 Å². The molecule has 3 heteroatoms. The Morgan fingerprint density at radius 2 is 2.23 bits per heavy atom. The van der Waals surface area contributed by atoms with Gasteiger partial charge in [0.25, 0.3) is 0 Å². The lowest BCUT2D eigenvalue weighted by Crippen LogP contribution is -1.95. The number of anilines is 1. The first kappa shape index (κ1) is 8.06. The van der Waals surface area contributed by atoms with Crippen molar-refractivity contribution >= 4 is 11.5 Å². The second kappa shape index (κ2) is 2.74. The highest BCUT2D eigenvalue weighted by atomic mass is 15.0. The molecule has 1 N–H and O–H groups in total. The number of hydrogen-bond donors (Lipinski definition) is 1. The zero-order chi connectivity index (χ0) is 9.42. The molecule has 0 radical (unpaired) electrons. The summed E-state index contributed by atoms with van der Waals surface area (Å²) in [6, 6.07) is 0. The molecule has 0 amide bonds. The Balaban J connectivity index is 2.71. The quantitative estimate of drug-likeness (QED) is 0.609. The van der Waals surface area contributed by atoms with Crippen LogP contribution in [0.2, 0.25) is 0 Å². The lowest BCUT2D eigenvalue weighted by atomic mass is 10.1. The summed E-state index contributed by atoms with van der Waals surface area (Å²) in [4.78, 5) is 7.87. The van der Waals surface area contributed by atoms with E-state index < -0.39 is 0 Å². The highest BCUT2D eigenvalue weighted by Gasteiger charge is 2.18. The first-order chi connectivity index (χ1) is 6.24. The molecule has 0 bridgehead atoms. The Morgan fingerprint density at radius 1 is 1.46 bits per heavy atom. The minimum absolute atomic E-state index is 0.724. The number of fused-ring (bicyclic) bond motifs is 1. The van der Waals surface area contributed by atoms with Crippen LogP contribution in [0.4, 0.5) is 11.5 Å². The molecule has 3 nitrogen and oxygen atoms in total. The molecule has 0 aliphatic carbocycles. The van der Waals surface area contributed by atoms with Crippen LogP contribution in [0.15, 0.2) is 0 Å². The van der Waals surface area contributed by atoms with Crippen LogP contribution in [0, 0.1) is 20.4 Å². The number of aromatic nitrogens is 1. The van der Waals surface area contributed by atoms with Crippen molar-refractivity contribution in [1.29, 1.82) is 0 Å². The number of nitrogens with one attached hydrogen (secondary N) is 1. The SMILES string of the molecule is [C-]#[N+]c1c(C)nc2c(c1C)CCN2. The van der Waals surface area contributed by atoms with Gasteiger partial charge >= 0.3 is 0 Å². The van der Waals surface area contributed by atoms with Crippen LogP contribution in [0.1, 0.15) is 16.8 Å². The molecule has 0 saturated carbocycles. The van der Waals surface area contributed by atoms with Crippen molar-refractivity contribution in [1.82, 2.24) is 4.98 Å². The van der Waals surface area contributed by atoms with Crippen molar-refractivity contribution in [2.24, 2.45) is 0 Å². The molecule has 0 fully saturated rings. The molecule has 1 aromatic rings. The van der Waals surface area contributed by atoms with E-state index in [1.54, 1.807) is 0 Å². The topological polar surface area (TPSA) is 29.3 Å². The van der Waals surface area contributed by atoms with Gasteiger partial charge in [-0.1, -0.05) is 0 Å². The van der Waals surface area contributed by atoms with Gasteiger partial charge in [0.05, 0.1) is 6.57 Å². The largest absolute Gasteiger partial charge is 0.370 e. The van der Waals surface area contributed by atoms with Crippen LogP contribution < -0.4 is 5.32 Å². The van der Waals surface area contributed by atoms with E-state index in [1.807, 2.05) is 13.8 Å². The van der Waals surface area contributed by atoms with E-state index in [0.29, 0.717) is 0 Å². The first-order valence-electron chi connectivity index (χ1n) is 4.35. The third-order valence-electron chi connectivity index (χ3n) is 2.50. The van der Waals surface area contributed by atoms with Gasteiger partial charge in [0.1, 0.15) is 5.82 Å². The summed E-state index contributed by atoms with van der Waals surface area (Å²) >= 11 is 0. The standard InChI is InChI=1S/C10H11N3/c1-6-8-4-5-12-10(8)13-7(2)9(6)11-3/h4-5H2,1-2H3,(H,12,13). The Hall–Kier alpha value is -1.56. The normalized spacial score (nSPS) is 13.3. The summed E-state index contributed by atoms with van der Waals surface area (Å²) in [5, 5.41) is 3.22. The van der Waals surface area contributed by atoms with Crippen LogP contribution in [0.3, 0.4) is 0 Å². The smallest absolute Gasteiger partial charge is 0.211 e. The van der Waals surface area contributed by atoms with E-state index in [9.17, 15) is 0 Å². The maximum absolute atomic E-state index is 7.05. The maximum Gasteiger partial charge on any atom is 0.211 e. The highest BCUT2D eigenvalue weighted by molar-refractivity contribution is 5.66. The van der Waals surface area contributed by atoms with Gasteiger partial charge in [-0.2, -0.15) is 0 Å². The minimum atomic E-state index is 0.724. The molecule has 0 atom stereocenters. The van der Waals surface area contributed by atoms with E-state index in [-0.39, 0.29) is 0 Å². The van der Waals surface area contributed by atoms with Gasteiger partial charge in [0.2, 0.25) is 5.69 Å². The number of pyridine rings is 1. The second-order valence-corrected chi connectivity index (χ2v) is 3.29. The summed E-state index contributed by atoms with van der Waals surface area (Å²) in [6.07, 6.45) is 0.997. The number of aryl methyl sites for hydroxylation is 1. The van der Waals surface area contributed by atoms with Crippen molar-refractivity contribution in [2.75, 3.05) is 11.9 Å². The fourth-order valence-corrected chi connectivity index (χ4v) is 1.80. The zero-order valence-corrected chi connectivity index (χ0v) is 7.81. The number of rotatable bonds is 0. The molecule has 13 heavy (non-hydrogen) atoms. The van der Waals surface area contributed by atoms with Crippen LogP contribution in [-0.4, -0.2) is 11.5 Å². The molecule has 0 unspecified atom stereocenters. The minimum Gasteiger partial charge on any atom is -0.370 e. The van der Waals surface area contributed by atoms with Gasteiger partial charge in [-0.25, -0.2) is 9.83 Å². The Kier molecular flexibility index (Phi) is 1.70. The highest BCUT2D eigenvalue weighted by Crippen LogP contribution is 2.32. The monoisotopic (exact) mass is 173 g/mol. The van der Waals surface area contributed by atoms with Crippen LogP contribution in [0.5, 0.6) is 0 Å². The molecule has 2 rings (SSSR count). The summed E-state index contributed by atoms with van der Waals surface area (Å²) in [5.74, 6) is 0.974. The Labute approximate surface area is 77.6 Å². The summed E-state index contributed by atoms with van der Waals surface area (Å²) in [7, 11) is 0. The van der Waals surface area contributed by atoms with Gasteiger partial charge in [-0.05, 0) is 31.4 Å². The summed E-state index contributed by atoms with van der Waals surface area (Å²) in [6.45, 7) is 11.9. The van der Waals surface area contributed by atoms with Crippen molar-refractivity contribution < 1.29 is 0 Å². The average molecular weight is 173 g/mol. The van der Waals surface area contributed by atoms with Crippen molar-refractivity contribution in [3.8, 4) is 0 Å². The average Bonchev–Trinajstić information content (AvgIpc) is 2.53. The number of hydrogen-bond acceptors (Lipinski definition) is 2. The maximum atomic E-state index is 7.05. The van der Waals surface area contributed by atoms with Crippen molar-refractivity contribution in [3.05, 3.63) is 28.2 Å². The zero-order valence-electron chi connectivity index (χ0n) is 7.81. The van der Waals surface area contributed by atoms with E-state index in [1.165, 1.54) is 5.56 Å². The van der Waals surface area contributed by atoms with Gasteiger partial charge < -0.3 is 5.32 Å². The van der Waals surface area contributed by atoms with E-state index >= 15 is 0 Å². The molecule has 0 aromatic carbocycles. The van der Waals surface area contributed by atoms with Crippen LogP contribution >= 0.6 is 0 Å². The fourth-order valence-electron chi connectivity index (χ4n) is 1.80. The predicted molar refractivity (Wildman–Crippen MR) is 52.2 cm³/mol. The molecule has 0 saturated heterocycles. The molecule has 1 aliphatic heterocycles. The molecular weight excluding hydrogens is 162 g/mol. The molecule has 1 aromatic heterocycles. The van der Waals surface area contributed by atoms with Gasteiger partial charge in [0.15, 0.2) is 0 Å². The van der Waals surface area contributed by atoms with E-state index in [0.717, 1.165) is 35.7 Å². The second-order valence-electron chi connectivity index (χ2n) is 3.29. The molecular formula is C10H11N3. The lowest BCUT2D eigenvalue weighted by Gasteiger charge is -2.07. The first-order valence-corrected chi connectivity index (χ1v) is 4.35. The summed E-state index contributed by atoms with van der Waals surface area (Å²) < 4.78 is 0. The summed E-state index contributed by atoms with van der Waals surface area (Å²) in [5.41, 5.74) is 3.88. The third kappa shape index (κ3) is 1.06. The Bertz CT molecular complexity index is 401. The molecule has 1 aliphatic rings. The molecule has 0 spiro atoms. The predicted octanol–water partition coefficient (Wildman–Crippen LogP) is 2.22. The van der Waals surface area contributed by atoms with Crippen LogP contribution in [-0.2, 0) is 6.42 Å². The van der Waals surface area contributed by atoms with E-state index in [4.69, 9.17) is 6.57 Å². The van der Waals surface area contributed by atoms with Gasteiger partial charge in [0, 0.05) is 12.2 Å². The number of nitrogens with zero attached hydrogens (tertiary/aromatic N) is 2. The van der Waals surface area contributed by atoms with Crippen molar-refractivity contribution in [2.45, 2.75) is 20.3 Å². The van der Waals surface area contributed by atoms with Gasteiger partial charge in [-0.15, -0.1) is 0 Å². The third-order valence-corrected chi connectivity index (χ3v) is 2.50. The van der Waals surface area contributed by atoms with E-state index in [2.05, 4.69) is 15.1 Å². The lowest BCUT2D eigenvalue weighted by molar-refractivity contribution is 1.09. The fraction of sp³-hybridized carbons (Fsp3) is 0.400. The van der Waals surface area contributed by atoms with Crippen LogP contribution in [0.25, 0.3) is 4.85 Å². The van der Waals surface area contributed by atoms with Crippen molar-refractivity contribution in [3.63, 3.8) is 0 Å².